The highest BCUT2D eigenvalue weighted by Crippen LogP contribution is 2.50. The van der Waals surface area contributed by atoms with Gasteiger partial charge in [0.2, 0.25) is 17.6 Å². The van der Waals surface area contributed by atoms with Crippen LogP contribution < -0.4 is 14.2 Å². The SMILES string of the molecule is [C-]#[N+]c1ccc2nc(OC)c(C(c3cccc4c3CCC4)C(O)(CCN(C)C)c3cc(OC)nc(OC)c3)cc2c1. The molecule has 2 unspecified atom stereocenters. The van der Waals surface area contributed by atoms with Gasteiger partial charge in [-0.2, -0.15) is 4.98 Å². The number of aryl methyl sites for hydroxylation is 1. The summed E-state index contributed by atoms with van der Waals surface area (Å²) in [5, 5.41) is 14.0. The zero-order chi connectivity index (χ0) is 29.1. The Morgan fingerprint density at radius 1 is 0.951 bits per heavy atom. The van der Waals surface area contributed by atoms with Crippen LogP contribution in [0.25, 0.3) is 15.7 Å². The summed E-state index contributed by atoms with van der Waals surface area (Å²) in [6, 6.07) is 17.4. The van der Waals surface area contributed by atoms with Crippen molar-refractivity contribution in [2.45, 2.75) is 37.2 Å². The van der Waals surface area contributed by atoms with E-state index in [1.54, 1.807) is 39.5 Å². The van der Waals surface area contributed by atoms with E-state index in [4.69, 9.17) is 25.8 Å². The van der Waals surface area contributed by atoms with Crippen molar-refractivity contribution in [1.29, 1.82) is 0 Å². The molecule has 1 N–H and O–H groups in total. The fourth-order valence-corrected chi connectivity index (χ4v) is 5.99. The average Bonchev–Trinajstić information content (AvgIpc) is 3.49. The molecule has 5 rings (SSSR count). The van der Waals surface area contributed by atoms with Crippen molar-refractivity contribution in [3.8, 4) is 17.6 Å². The van der Waals surface area contributed by atoms with Crippen molar-refractivity contribution in [2.24, 2.45) is 0 Å². The first kappa shape index (κ1) is 28.3. The van der Waals surface area contributed by atoms with Gasteiger partial charge < -0.3 is 24.2 Å². The number of hydrogen-bond acceptors (Lipinski definition) is 7. The number of nitrogens with zero attached hydrogens (tertiary/aromatic N) is 4. The van der Waals surface area contributed by atoms with Crippen LogP contribution in [0.1, 0.15) is 46.6 Å². The molecule has 0 fully saturated rings. The summed E-state index contributed by atoms with van der Waals surface area (Å²) in [6.45, 7) is 8.15. The van der Waals surface area contributed by atoms with Crippen LogP contribution in [0.3, 0.4) is 0 Å². The first-order chi connectivity index (χ1) is 19.8. The van der Waals surface area contributed by atoms with Gasteiger partial charge >= 0.3 is 0 Å². The molecule has 0 saturated carbocycles. The number of ether oxygens (including phenoxy) is 3. The quantitative estimate of drug-likeness (QED) is 0.254. The molecule has 0 radical (unpaired) electrons. The van der Waals surface area contributed by atoms with Gasteiger partial charge in [0.1, 0.15) is 5.60 Å². The molecule has 1 aliphatic carbocycles. The molecular formula is C33H36N4O4. The van der Waals surface area contributed by atoms with Crippen LogP contribution in [-0.4, -0.2) is 61.9 Å². The third-order valence-corrected chi connectivity index (χ3v) is 8.03. The maximum Gasteiger partial charge on any atom is 0.217 e. The van der Waals surface area contributed by atoms with Crippen LogP contribution >= 0.6 is 0 Å². The third kappa shape index (κ3) is 5.43. The smallest absolute Gasteiger partial charge is 0.217 e. The Kier molecular flexibility index (Phi) is 8.11. The topological polar surface area (TPSA) is 81.3 Å². The molecule has 2 heterocycles. The molecule has 2 atom stereocenters. The predicted octanol–water partition coefficient (Wildman–Crippen LogP) is 5.67. The number of hydrogen-bond donors (Lipinski definition) is 1. The average molecular weight is 553 g/mol. The number of methoxy groups -OCH3 is 3. The van der Waals surface area contributed by atoms with E-state index in [1.807, 2.05) is 32.3 Å². The Morgan fingerprint density at radius 3 is 2.37 bits per heavy atom. The molecule has 0 aliphatic heterocycles. The zero-order valence-electron chi connectivity index (χ0n) is 24.3. The standard InChI is InChI=1S/C33H36N4O4/c1-34-24-13-14-28-22(17-24)18-27(32(35-28)41-6)31(26-12-8-10-21-9-7-11-25(21)26)33(38,15-16-37(2)3)23-19-29(39-4)36-30(20-23)40-5/h8,10,12-14,17-20,31,38H,7,9,11,15-16H2,2-6H3. The molecule has 1 aliphatic rings. The lowest BCUT2D eigenvalue weighted by molar-refractivity contribution is 0.00311. The lowest BCUT2D eigenvalue weighted by atomic mass is 9.70. The van der Waals surface area contributed by atoms with Crippen molar-refractivity contribution in [3.05, 3.63) is 93.8 Å². The van der Waals surface area contributed by atoms with Gasteiger partial charge in [-0.15, -0.1) is 0 Å². The molecule has 2 aromatic carbocycles. The van der Waals surface area contributed by atoms with Gasteiger partial charge in [0, 0.05) is 30.2 Å². The molecule has 8 heteroatoms. The zero-order valence-corrected chi connectivity index (χ0v) is 24.3. The summed E-state index contributed by atoms with van der Waals surface area (Å²) in [7, 11) is 8.70. The van der Waals surface area contributed by atoms with Gasteiger partial charge in [0.25, 0.3) is 0 Å². The number of rotatable bonds is 10. The molecular weight excluding hydrogens is 516 g/mol. The van der Waals surface area contributed by atoms with Gasteiger partial charge in [0.15, 0.2) is 5.69 Å². The minimum atomic E-state index is -1.44. The molecule has 0 saturated heterocycles. The van der Waals surface area contributed by atoms with E-state index in [2.05, 4.69) is 32.9 Å². The van der Waals surface area contributed by atoms with Crippen LogP contribution in [0.4, 0.5) is 5.69 Å². The van der Waals surface area contributed by atoms with Gasteiger partial charge in [-0.1, -0.05) is 24.3 Å². The van der Waals surface area contributed by atoms with E-state index in [0.29, 0.717) is 41.9 Å². The second-order valence-electron chi connectivity index (χ2n) is 10.8. The number of aromatic nitrogens is 2. The molecule has 2 aromatic heterocycles. The molecule has 0 amide bonds. The monoisotopic (exact) mass is 552 g/mol. The molecule has 4 aromatic rings. The van der Waals surface area contributed by atoms with E-state index in [9.17, 15) is 5.11 Å². The van der Waals surface area contributed by atoms with Gasteiger partial charge in [-0.3, -0.25) is 0 Å². The van der Waals surface area contributed by atoms with E-state index < -0.39 is 11.5 Å². The second kappa shape index (κ2) is 11.7. The first-order valence-electron chi connectivity index (χ1n) is 13.8. The Morgan fingerprint density at radius 2 is 1.71 bits per heavy atom. The first-order valence-corrected chi connectivity index (χ1v) is 13.8. The van der Waals surface area contributed by atoms with E-state index in [0.717, 1.165) is 41.3 Å². The van der Waals surface area contributed by atoms with E-state index >= 15 is 0 Å². The highest BCUT2D eigenvalue weighted by molar-refractivity contribution is 5.84. The Balaban J connectivity index is 1.86. The summed E-state index contributed by atoms with van der Waals surface area (Å²) in [5.41, 5.74) is 4.78. The van der Waals surface area contributed by atoms with Crippen molar-refractivity contribution < 1.29 is 19.3 Å². The fraction of sp³-hybridized carbons (Fsp3) is 0.364. The maximum atomic E-state index is 13.2. The highest BCUT2D eigenvalue weighted by atomic mass is 16.5. The third-order valence-electron chi connectivity index (χ3n) is 8.03. The van der Waals surface area contributed by atoms with Crippen molar-refractivity contribution in [2.75, 3.05) is 42.0 Å². The van der Waals surface area contributed by atoms with E-state index in [-0.39, 0.29) is 0 Å². The highest BCUT2D eigenvalue weighted by Gasteiger charge is 2.44. The normalized spacial score (nSPS) is 14.8. The summed E-state index contributed by atoms with van der Waals surface area (Å²) < 4.78 is 17.0. The second-order valence-corrected chi connectivity index (χ2v) is 10.8. The fourth-order valence-electron chi connectivity index (χ4n) is 5.99. The van der Waals surface area contributed by atoms with Crippen LogP contribution in [0.5, 0.6) is 17.6 Å². The summed E-state index contributed by atoms with van der Waals surface area (Å²) >= 11 is 0. The van der Waals surface area contributed by atoms with Crippen LogP contribution in [-0.2, 0) is 18.4 Å². The minimum absolute atomic E-state index is 0.352. The predicted molar refractivity (Wildman–Crippen MR) is 159 cm³/mol. The van der Waals surface area contributed by atoms with Crippen LogP contribution in [0.2, 0.25) is 0 Å². The molecule has 0 bridgehead atoms. The number of aliphatic hydroxyl groups is 1. The van der Waals surface area contributed by atoms with Crippen LogP contribution in [0, 0.1) is 6.57 Å². The molecule has 0 spiro atoms. The molecule has 212 valence electrons. The summed E-state index contributed by atoms with van der Waals surface area (Å²) in [6.07, 6.45) is 3.39. The lowest BCUT2D eigenvalue weighted by Crippen LogP contribution is -2.38. The molecule has 41 heavy (non-hydrogen) atoms. The van der Waals surface area contributed by atoms with Crippen molar-refractivity contribution in [3.63, 3.8) is 0 Å². The van der Waals surface area contributed by atoms with Gasteiger partial charge in [-0.25, -0.2) is 9.83 Å². The molecule has 8 nitrogen and oxygen atoms in total. The summed E-state index contributed by atoms with van der Waals surface area (Å²) in [5.74, 6) is 0.579. The Hall–Kier alpha value is -4.19. The number of pyridine rings is 2. The Bertz CT molecular complexity index is 1590. The minimum Gasteiger partial charge on any atom is -0.481 e. The summed E-state index contributed by atoms with van der Waals surface area (Å²) in [4.78, 5) is 15.0. The van der Waals surface area contributed by atoms with Crippen molar-refractivity contribution in [1.82, 2.24) is 14.9 Å². The van der Waals surface area contributed by atoms with Gasteiger partial charge in [-0.05, 0) is 85.6 Å². The largest absolute Gasteiger partial charge is 0.481 e. The Labute approximate surface area is 241 Å². The van der Waals surface area contributed by atoms with Crippen LogP contribution in [0.15, 0.2) is 54.6 Å². The number of fused-ring (bicyclic) bond motifs is 2. The van der Waals surface area contributed by atoms with Gasteiger partial charge in [0.05, 0.1) is 33.4 Å². The van der Waals surface area contributed by atoms with Crippen molar-refractivity contribution >= 4 is 16.6 Å². The maximum absolute atomic E-state index is 13.2. The number of benzene rings is 2. The lowest BCUT2D eigenvalue weighted by Gasteiger charge is -2.39. The van der Waals surface area contributed by atoms with E-state index in [1.165, 1.54) is 11.1 Å².